The molecule has 3 atom stereocenters. The van der Waals surface area contributed by atoms with Gasteiger partial charge in [0.05, 0.1) is 14.2 Å². The number of nitrogens with zero attached hydrogens (tertiary/aromatic N) is 3. The molecule has 0 fully saturated rings. The van der Waals surface area contributed by atoms with Crippen molar-refractivity contribution in [1.29, 1.82) is 0 Å². The average Bonchev–Trinajstić information content (AvgIpc) is 3.19. The SMILES string of the molecule is COc1ccc(OP2(Oc3ccccc3)=NP(Oc3ccccc3)(Oc3ccc(C=O)cc3)=NP(Oc3ccccc3)(Oc3ccc(OC)cc3)=N2)cc1. The van der Waals surface area contributed by atoms with Gasteiger partial charge in [-0.25, -0.2) is 0 Å². The van der Waals surface area contributed by atoms with Gasteiger partial charge in [-0.15, -0.1) is 0 Å². The number of aldehydes is 1. The Hall–Kier alpha value is -5.92. The molecule has 0 bridgehead atoms. The topological polar surface area (TPSA) is 128 Å². The molecule has 0 amide bonds. The number of para-hydroxylation sites is 3. The standard InChI is InChI=1S/C39H34N3O9P3/c1-44-32-22-26-38(27-23-32)50-53(47-35-14-8-4-9-15-35)40-52(46-34-12-6-3-7-13-34,49-37-20-18-31(30-43)19-21-37)41-54(42-53,48-36-16-10-5-11-17-36)51-39-28-24-33(45-2)25-29-39/h3-30H,1-2H3. The first-order valence-electron chi connectivity index (χ1n) is 16.5. The molecule has 6 aromatic rings. The minimum absolute atomic E-state index is 0.295. The zero-order chi connectivity index (χ0) is 37.3. The van der Waals surface area contributed by atoms with Crippen molar-refractivity contribution in [2.75, 3.05) is 14.2 Å². The first kappa shape index (κ1) is 36.4. The molecule has 274 valence electrons. The van der Waals surface area contributed by atoms with E-state index in [9.17, 15) is 4.79 Å². The first-order valence-corrected chi connectivity index (χ1v) is 21.1. The largest absolute Gasteiger partial charge is 0.497 e. The molecule has 0 spiro atoms. The molecule has 7 rings (SSSR count). The fraction of sp³-hybridized carbons (Fsp3) is 0.0513. The monoisotopic (exact) mass is 781 g/mol. The lowest BCUT2D eigenvalue weighted by atomic mass is 10.2. The van der Waals surface area contributed by atoms with Gasteiger partial charge in [0.15, 0.2) is 0 Å². The minimum Gasteiger partial charge on any atom is -0.497 e. The smallest absolute Gasteiger partial charge is 0.460 e. The Bertz CT molecular complexity index is 2250. The molecule has 0 saturated carbocycles. The van der Waals surface area contributed by atoms with Crippen LogP contribution in [0, 0.1) is 0 Å². The number of carbonyl (C=O) groups excluding carboxylic acids is 1. The van der Waals surface area contributed by atoms with Gasteiger partial charge in [0.2, 0.25) is 0 Å². The third-order valence-corrected chi connectivity index (χ3v) is 15.5. The summed E-state index contributed by atoms with van der Waals surface area (Å²) in [6, 6.07) is 47.3. The highest BCUT2D eigenvalue weighted by Crippen LogP contribution is 2.78. The second kappa shape index (κ2) is 16.4. The summed E-state index contributed by atoms with van der Waals surface area (Å²) in [5.41, 5.74) is 0.445. The molecule has 1 aliphatic heterocycles. The van der Waals surface area contributed by atoms with Crippen LogP contribution in [0.3, 0.4) is 0 Å². The van der Waals surface area contributed by atoms with Crippen molar-refractivity contribution < 1.29 is 41.4 Å². The number of rotatable bonds is 15. The van der Waals surface area contributed by atoms with Crippen LogP contribution in [0.25, 0.3) is 0 Å². The molecule has 1 heterocycles. The van der Waals surface area contributed by atoms with Gasteiger partial charge in [-0.05, 0) is 109 Å². The van der Waals surface area contributed by atoms with E-state index in [1.54, 1.807) is 123 Å². The number of benzene rings is 6. The molecular weight excluding hydrogens is 747 g/mol. The molecule has 0 aromatic heterocycles. The Morgan fingerprint density at radius 2 is 0.593 bits per heavy atom. The molecule has 1 aliphatic rings. The zero-order valence-corrected chi connectivity index (χ0v) is 31.7. The van der Waals surface area contributed by atoms with E-state index in [4.69, 9.17) is 50.2 Å². The van der Waals surface area contributed by atoms with Crippen LogP contribution in [0.1, 0.15) is 10.4 Å². The van der Waals surface area contributed by atoms with Crippen molar-refractivity contribution in [3.8, 4) is 46.0 Å². The second-order valence-corrected chi connectivity index (χ2v) is 17.5. The maximum atomic E-state index is 11.6. The third kappa shape index (κ3) is 8.99. The van der Waals surface area contributed by atoms with E-state index in [1.165, 1.54) is 0 Å². The highest BCUT2D eigenvalue weighted by Gasteiger charge is 2.49. The normalized spacial score (nSPS) is 20.0. The summed E-state index contributed by atoms with van der Waals surface area (Å²) in [6.07, 6.45) is 0.739. The molecule has 54 heavy (non-hydrogen) atoms. The van der Waals surface area contributed by atoms with Crippen molar-refractivity contribution in [1.82, 2.24) is 0 Å². The van der Waals surface area contributed by atoms with Crippen molar-refractivity contribution in [2.24, 2.45) is 13.5 Å². The molecule has 12 nitrogen and oxygen atoms in total. The molecule has 0 saturated heterocycles. The number of ether oxygens (including phenoxy) is 2. The highest BCUT2D eigenvalue weighted by atomic mass is 31.3. The van der Waals surface area contributed by atoms with Crippen molar-refractivity contribution in [3.05, 3.63) is 169 Å². The van der Waals surface area contributed by atoms with E-state index in [0.717, 1.165) is 6.29 Å². The maximum Gasteiger partial charge on any atom is 0.460 e. The van der Waals surface area contributed by atoms with E-state index in [2.05, 4.69) is 0 Å². The number of hydrogen-bond donors (Lipinski definition) is 0. The fourth-order valence-electron chi connectivity index (χ4n) is 4.91. The lowest BCUT2D eigenvalue weighted by Crippen LogP contribution is -2.11. The second-order valence-electron chi connectivity index (χ2n) is 11.3. The van der Waals surface area contributed by atoms with Crippen molar-refractivity contribution >= 4 is 29.3 Å². The lowest BCUT2D eigenvalue weighted by molar-refractivity contribution is 0.112. The summed E-state index contributed by atoms with van der Waals surface area (Å²) in [5.74, 6) is 3.39. The Morgan fingerprint density at radius 1 is 0.352 bits per heavy atom. The zero-order valence-electron chi connectivity index (χ0n) is 29.0. The van der Waals surface area contributed by atoms with Gasteiger partial charge < -0.3 is 36.6 Å². The molecule has 15 heteroatoms. The summed E-state index contributed by atoms with van der Waals surface area (Å²) in [7, 11) is -9.00. The summed E-state index contributed by atoms with van der Waals surface area (Å²) >= 11 is 0. The van der Waals surface area contributed by atoms with Gasteiger partial charge in [-0.2, -0.15) is 0 Å². The van der Waals surface area contributed by atoms with Crippen LogP contribution < -0.4 is 36.6 Å². The highest BCUT2D eigenvalue weighted by molar-refractivity contribution is 7.79. The van der Waals surface area contributed by atoms with Gasteiger partial charge >= 0.3 is 23.0 Å². The predicted molar refractivity (Wildman–Crippen MR) is 209 cm³/mol. The van der Waals surface area contributed by atoms with Gasteiger partial charge in [-0.1, -0.05) is 68.1 Å². The fourth-order valence-corrected chi connectivity index (χ4v) is 14.0. The third-order valence-electron chi connectivity index (χ3n) is 7.39. The summed E-state index contributed by atoms with van der Waals surface area (Å²) in [6.45, 7) is 0. The number of hydrogen-bond acceptors (Lipinski definition) is 12. The molecule has 6 aromatic carbocycles. The Labute approximate surface area is 313 Å². The number of methoxy groups -OCH3 is 2. The Morgan fingerprint density at radius 3 is 0.852 bits per heavy atom. The van der Waals surface area contributed by atoms with Crippen LogP contribution in [0.5, 0.6) is 46.0 Å². The molecular formula is C39H34N3O9P3. The van der Waals surface area contributed by atoms with Gasteiger partial charge in [0.1, 0.15) is 52.3 Å². The number of carbonyl (C=O) groups is 1. The summed E-state index contributed by atoms with van der Waals surface area (Å²) < 4.78 is 67.0. The van der Waals surface area contributed by atoms with E-state index in [1.807, 2.05) is 54.6 Å². The van der Waals surface area contributed by atoms with Crippen molar-refractivity contribution in [2.45, 2.75) is 0 Å². The van der Waals surface area contributed by atoms with Crippen LogP contribution >= 0.6 is 23.0 Å². The van der Waals surface area contributed by atoms with Crippen LogP contribution in [-0.2, 0) is 0 Å². The van der Waals surface area contributed by atoms with Crippen LogP contribution in [0.4, 0.5) is 0 Å². The quantitative estimate of drug-likeness (QED) is 0.0738. The molecule has 3 unspecified atom stereocenters. The lowest BCUT2D eigenvalue weighted by Gasteiger charge is -2.33. The first-order chi connectivity index (χ1) is 26.4. The van der Waals surface area contributed by atoms with Gasteiger partial charge in [0, 0.05) is 5.56 Å². The Balaban J connectivity index is 1.55. The van der Waals surface area contributed by atoms with E-state index in [-0.39, 0.29) is 0 Å². The van der Waals surface area contributed by atoms with Crippen LogP contribution in [0.2, 0.25) is 0 Å². The van der Waals surface area contributed by atoms with E-state index >= 15 is 0 Å². The van der Waals surface area contributed by atoms with Crippen molar-refractivity contribution in [3.63, 3.8) is 0 Å². The van der Waals surface area contributed by atoms with Gasteiger partial charge in [0.25, 0.3) is 0 Å². The molecule has 0 aliphatic carbocycles. The van der Waals surface area contributed by atoms with Gasteiger partial charge in [-0.3, -0.25) is 4.79 Å². The predicted octanol–water partition coefficient (Wildman–Crippen LogP) is 12.1. The maximum absolute atomic E-state index is 11.6. The molecule has 0 radical (unpaired) electrons. The van der Waals surface area contributed by atoms with Crippen LogP contribution in [-0.4, -0.2) is 20.5 Å². The van der Waals surface area contributed by atoms with E-state index < -0.39 is 23.0 Å². The van der Waals surface area contributed by atoms with Crippen LogP contribution in [0.15, 0.2) is 177 Å². The summed E-state index contributed by atoms with van der Waals surface area (Å²) in [4.78, 5) is 11.6. The Kier molecular flexibility index (Phi) is 11.1. The average molecular weight is 782 g/mol. The summed E-state index contributed by atoms with van der Waals surface area (Å²) in [5, 5.41) is 0. The molecule has 0 N–H and O–H groups in total. The van der Waals surface area contributed by atoms with E-state index in [0.29, 0.717) is 51.6 Å². The minimum atomic E-state index is -4.06.